The average Bonchev–Trinajstić information content (AvgIpc) is 2.18. The Bertz CT molecular complexity index is 530. The number of pyridine rings is 2. The van der Waals surface area contributed by atoms with Gasteiger partial charge in [0.15, 0.2) is 0 Å². The minimum atomic E-state index is -0.0196. The molecule has 0 radical (unpaired) electrons. The lowest BCUT2D eigenvalue weighted by Gasteiger charge is -2.05. The van der Waals surface area contributed by atoms with Gasteiger partial charge in [-0.2, -0.15) is 0 Å². The van der Waals surface area contributed by atoms with Gasteiger partial charge in [0.25, 0.3) is 5.56 Å². The van der Waals surface area contributed by atoms with Crippen LogP contribution < -0.4 is 5.56 Å². The molecule has 0 aliphatic heterocycles. The highest BCUT2D eigenvalue weighted by Gasteiger charge is 2.01. The summed E-state index contributed by atoms with van der Waals surface area (Å²) < 4.78 is 1.62. The van der Waals surface area contributed by atoms with Crippen molar-refractivity contribution in [1.82, 2.24) is 4.40 Å². The van der Waals surface area contributed by atoms with E-state index in [1.54, 1.807) is 22.7 Å². The van der Waals surface area contributed by atoms with Gasteiger partial charge in [-0.05, 0) is 24.1 Å². The minimum absolute atomic E-state index is 0.0196. The summed E-state index contributed by atoms with van der Waals surface area (Å²) in [6.45, 7) is 2.06. The van der Waals surface area contributed by atoms with Gasteiger partial charge in [-0.15, -0.1) is 0 Å². The Morgan fingerprint density at radius 1 is 1.36 bits per heavy atom. The van der Waals surface area contributed by atoms with Crippen molar-refractivity contribution in [2.24, 2.45) is 0 Å². The molecule has 0 aliphatic rings. The molecule has 2 aromatic heterocycles. The Morgan fingerprint density at radius 2 is 2.14 bits per heavy atom. The van der Waals surface area contributed by atoms with Gasteiger partial charge < -0.3 is 0 Å². The van der Waals surface area contributed by atoms with Crippen LogP contribution >= 0.6 is 11.6 Å². The lowest BCUT2D eigenvalue weighted by Crippen LogP contribution is -2.12. The second-order valence-electron chi connectivity index (χ2n) is 3.15. The van der Waals surface area contributed by atoms with Crippen LogP contribution in [0.15, 0.2) is 35.3 Å². The Labute approximate surface area is 86.8 Å². The molecule has 3 heteroatoms. The molecule has 2 nitrogen and oxygen atoms in total. The van der Waals surface area contributed by atoms with E-state index < -0.39 is 0 Å². The summed E-state index contributed by atoms with van der Waals surface area (Å²) in [5.74, 6) is 0. The molecule has 0 aliphatic carbocycles. The summed E-state index contributed by atoms with van der Waals surface area (Å²) in [6.07, 6.45) is 2.60. The number of hydrogen-bond acceptors (Lipinski definition) is 1. The third-order valence-corrected chi connectivity index (χ3v) is 2.53. The van der Waals surface area contributed by atoms with E-state index in [9.17, 15) is 4.79 Å². The Hall–Kier alpha value is -1.28. The third-order valence-electron chi connectivity index (χ3n) is 2.29. The maximum absolute atomic E-state index is 11.5. The molecule has 14 heavy (non-hydrogen) atoms. The van der Waals surface area contributed by atoms with E-state index >= 15 is 0 Å². The lowest BCUT2D eigenvalue weighted by atomic mass is 10.1. The van der Waals surface area contributed by atoms with Crippen molar-refractivity contribution < 1.29 is 0 Å². The van der Waals surface area contributed by atoms with Crippen molar-refractivity contribution >= 4 is 17.1 Å². The van der Waals surface area contributed by atoms with Crippen molar-refractivity contribution in [2.45, 2.75) is 13.3 Å². The zero-order chi connectivity index (χ0) is 10.1. The number of aromatic nitrogens is 1. The molecular formula is C11H10ClNO. The van der Waals surface area contributed by atoms with Gasteiger partial charge in [-0.3, -0.25) is 9.20 Å². The third kappa shape index (κ3) is 1.42. The maximum Gasteiger partial charge on any atom is 0.255 e. The quantitative estimate of drug-likeness (QED) is 0.704. The standard InChI is InChI=1S/C11H10ClNO/c1-2-8-3-4-11(14)13-6-5-9(12)7-10(8)13/h3-7H,2H2,1H3. The largest absolute Gasteiger partial charge is 0.284 e. The molecule has 0 saturated carbocycles. The van der Waals surface area contributed by atoms with Gasteiger partial charge in [0.1, 0.15) is 0 Å². The topological polar surface area (TPSA) is 21.5 Å². The van der Waals surface area contributed by atoms with E-state index in [-0.39, 0.29) is 5.56 Å². The van der Waals surface area contributed by atoms with Crippen molar-refractivity contribution in [3.8, 4) is 0 Å². The van der Waals surface area contributed by atoms with E-state index in [1.165, 1.54) is 0 Å². The highest BCUT2D eigenvalue weighted by atomic mass is 35.5. The fourth-order valence-electron chi connectivity index (χ4n) is 1.55. The van der Waals surface area contributed by atoms with Crippen molar-refractivity contribution in [1.29, 1.82) is 0 Å². The molecule has 0 unspecified atom stereocenters. The zero-order valence-corrected chi connectivity index (χ0v) is 8.58. The number of nitrogens with zero attached hydrogens (tertiary/aromatic N) is 1. The first-order valence-electron chi connectivity index (χ1n) is 4.52. The fourth-order valence-corrected chi connectivity index (χ4v) is 1.71. The van der Waals surface area contributed by atoms with Gasteiger partial charge in [0.05, 0.1) is 5.52 Å². The van der Waals surface area contributed by atoms with Crippen LogP contribution in [0.5, 0.6) is 0 Å². The molecule has 0 amide bonds. The number of aryl methyl sites for hydroxylation is 1. The van der Waals surface area contributed by atoms with Crippen molar-refractivity contribution in [2.75, 3.05) is 0 Å². The summed E-state index contributed by atoms with van der Waals surface area (Å²) in [6, 6.07) is 6.98. The summed E-state index contributed by atoms with van der Waals surface area (Å²) in [5.41, 5.74) is 2.01. The first kappa shape index (κ1) is 9.28. The normalized spacial score (nSPS) is 10.7. The second-order valence-corrected chi connectivity index (χ2v) is 3.59. The first-order valence-corrected chi connectivity index (χ1v) is 4.90. The molecule has 2 rings (SSSR count). The Balaban J connectivity index is 2.92. The van der Waals surface area contributed by atoms with Gasteiger partial charge in [0, 0.05) is 17.3 Å². The molecule has 72 valence electrons. The molecule has 0 fully saturated rings. The molecule has 0 N–H and O–H groups in total. The van der Waals surface area contributed by atoms with Gasteiger partial charge in [-0.25, -0.2) is 0 Å². The highest BCUT2D eigenvalue weighted by Crippen LogP contribution is 2.14. The number of hydrogen-bond donors (Lipinski definition) is 0. The van der Waals surface area contributed by atoms with Crippen LogP contribution in [0.1, 0.15) is 12.5 Å². The predicted molar refractivity (Wildman–Crippen MR) is 58.1 cm³/mol. The zero-order valence-electron chi connectivity index (χ0n) is 7.83. The summed E-state index contributed by atoms with van der Waals surface area (Å²) in [4.78, 5) is 11.5. The van der Waals surface area contributed by atoms with Gasteiger partial charge in [-0.1, -0.05) is 24.6 Å². The summed E-state index contributed by atoms with van der Waals surface area (Å²) in [7, 11) is 0. The predicted octanol–water partition coefficient (Wildman–Crippen LogP) is 2.52. The molecule has 0 saturated heterocycles. The molecule has 0 atom stereocenters. The summed E-state index contributed by atoms with van der Waals surface area (Å²) in [5, 5.41) is 0.658. The molecular weight excluding hydrogens is 198 g/mol. The van der Waals surface area contributed by atoms with Crippen LogP contribution in [0, 0.1) is 0 Å². The van der Waals surface area contributed by atoms with Gasteiger partial charge in [0.2, 0.25) is 0 Å². The van der Waals surface area contributed by atoms with Crippen molar-refractivity contribution in [3.63, 3.8) is 0 Å². The fraction of sp³-hybridized carbons (Fsp3) is 0.182. The van der Waals surface area contributed by atoms with Crippen LogP contribution in [0.3, 0.4) is 0 Å². The van der Waals surface area contributed by atoms with Crippen LogP contribution in [-0.4, -0.2) is 4.40 Å². The monoisotopic (exact) mass is 207 g/mol. The molecule has 2 aromatic rings. The molecule has 0 spiro atoms. The average molecular weight is 208 g/mol. The SMILES string of the molecule is CCc1ccc(=O)n2ccc(Cl)cc12. The van der Waals surface area contributed by atoms with E-state index in [2.05, 4.69) is 6.92 Å². The molecule has 0 bridgehead atoms. The second kappa shape index (κ2) is 3.46. The minimum Gasteiger partial charge on any atom is -0.284 e. The van der Waals surface area contributed by atoms with E-state index in [0.717, 1.165) is 17.5 Å². The summed E-state index contributed by atoms with van der Waals surface area (Å²) >= 11 is 5.88. The smallest absolute Gasteiger partial charge is 0.255 e. The highest BCUT2D eigenvalue weighted by molar-refractivity contribution is 6.30. The molecule has 2 heterocycles. The Morgan fingerprint density at radius 3 is 2.86 bits per heavy atom. The van der Waals surface area contributed by atoms with E-state index in [4.69, 9.17) is 11.6 Å². The van der Waals surface area contributed by atoms with Crippen LogP contribution in [0.2, 0.25) is 5.02 Å². The van der Waals surface area contributed by atoms with Gasteiger partial charge >= 0.3 is 0 Å². The molecule has 0 aromatic carbocycles. The maximum atomic E-state index is 11.5. The van der Waals surface area contributed by atoms with Crippen LogP contribution in [-0.2, 0) is 6.42 Å². The number of fused-ring (bicyclic) bond motifs is 1. The number of halogens is 1. The van der Waals surface area contributed by atoms with Crippen molar-refractivity contribution in [3.05, 3.63) is 51.4 Å². The van der Waals surface area contributed by atoms with E-state index in [0.29, 0.717) is 5.02 Å². The van der Waals surface area contributed by atoms with E-state index in [1.807, 2.05) is 12.1 Å². The van der Waals surface area contributed by atoms with Crippen LogP contribution in [0.4, 0.5) is 0 Å². The first-order chi connectivity index (χ1) is 6.72. The lowest BCUT2D eigenvalue weighted by molar-refractivity contribution is 1.04. The number of rotatable bonds is 1. The van der Waals surface area contributed by atoms with Crippen LogP contribution in [0.25, 0.3) is 5.52 Å². The Kier molecular flexibility index (Phi) is 2.30.